The Labute approximate surface area is 180 Å². The summed E-state index contributed by atoms with van der Waals surface area (Å²) in [5.41, 5.74) is 2.53. The smallest absolute Gasteiger partial charge is 0.191 e. The van der Waals surface area contributed by atoms with Crippen molar-refractivity contribution in [2.75, 3.05) is 47.4 Å². The zero-order valence-electron chi connectivity index (χ0n) is 18.4. The van der Waals surface area contributed by atoms with Gasteiger partial charge in [0.05, 0.1) is 14.2 Å². The van der Waals surface area contributed by atoms with Gasteiger partial charge in [-0.15, -0.1) is 0 Å². The summed E-state index contributed by atoms with van der Waals surface area (Å²) in [4.78, 5) is 6.93. The molecule has 1 aliphatic heterocycles. The van der Waals surface area contributed by atoms with Gasteiger partial charge in [0.25, 0.3) is 0 Å². The number of aliphatic imine (C=N–C) groups is 1. The summed E-state index contributed by atoms with van der Waals surface area (Å²) in [7, 11) is 5.11. The first-order chi connectivity index (χ1) is 14.7. The van der Waals surface area contributed by atoms with E-state index >= 15 is 0 Å². The van der Waals surface area contributed by atoms with E-state index in [1.54, 1.807) is 14.2 Å². The van der Waals surface area contributed by atoms with E-state index in [0.717, 1.165) is 49.1 Å². The fourth-order valence-corrected chi connectivity index (χ4v) is 3.85. The van der Waals surface area contributed by atoms with Crippen LogP contribution in [0.5, 0.6) is 11.5 Å². The van der Waals surface area contributed by atoms with E-state index in [9.17, 15) is 0 Å². The monoisotopic (exact) mass is 410 g/mol. The van der Waals surface area contributed by atoms with E-state index in [2.05, 4.69) is 50.9 Å². The van der Waals surface area contributed by atoms with Gasteiger partial charge in [-0.25, -0.2) is 0 Å². The molecule has 1 unspecified atom stereocenters. The summed E-state index contributed by atoms with van der Waals surface area (Å²) < 4.78 is 10.7. The quantitative estimate of drug-likeness (QED) is 0.492. The predicted molar refractivity (Wildman–Crippen MR) is 122 cm³/mol. The standard InChI is InChI=1S/C24H34N4O2/c1-25-24(26-16-20-9-10-22(29-2)23(15-20)30-3)27-17-21-12-14-28(18-21)13-11-19-7-5-4-6-8-19/h4-10,15,21H,11-14,16-18H2,1-3H3,(H2,25,26,27). The average Bonchev–Trinajstić information content (AvgIpc) is 3.26. The van der Waals surface area contributed by atoms with Gasteiger partial charge in [0.2, 0.25) is 0 Å². The highest BCUT2D eigenvalue weighted by molar-refractivity contribution is 5.79. The van der Waals surface area contributed by atoms with Crippen LogP contribution in [0.15, 0.2) is 53.5 Å². The Morgan fingerprint density at radius 1 is 1.03 bits per heavy atom. The van der Waals surface area contributed by atoms with Crippen LogP contribution in [0.1, 0.15) is 17.5 Å². The molecule has 2 aromatic rings. The zero-order valence-corrected chi connectivity index (χ0v) is 18.4. The lowest BCUT2D eigenvalue weighted by Gasteiger charge is -2.18. The first kappa shape index (κ1) is 22.0. The van der Waals surface area contributed by atoms with Crippen LogP contribution in [0, 0.1) is 5.92 Å². The van der Waals surface area contributed by atoms with Crippen molar-refractivity contribution in [3.63, 3.8) is 0 Å². The molecule has 1 saturated heterocycles. The molecule has 3 rings (SSSR count). The molecule has 6 nitrogen and oxygen atoms in total. The van der Waals surface area contributed by atoms with Crippen LogP contribution in [0.2, 0.25) is 0 Å². The summed E-state index contributed by atoms with van der Waals surface area (Å²) >= 11 is 0. The van der Waals surface area contributed by atoms with E-state index in [1.807, 2.05) is 25.2 Å². The van der Waals surface area contributed by atoms with Gasteiger partial charge in [-0.1, -0.05) is 36.4 Å². The zero-order chi connectivity index (χ0) is 21.2. The van der Waals surface area contributed by atoms with Gasteiger partial charge >= 0.3 is 0 Å². The number of benzene rings is 2. The molecule has 0 bridgehead atoms. The van der Waals surface area contributed by atoms with Crippen molar-refractivity contribution in [1.29, 1.82) is 0 Å². The van der Waals surface area contributed by atoms with Gasteiger partial charge in [0.15, 0.2) is 17.5 Å². The molecule has 1 fully saturated rings. The molecule has 1 heterocycles. The maximum atomic E-state index is 5.38. The highest BCUT2D eigenvalue weighted by atomic mass is 16.5. The van der Waals surface area contributed by atoms with Crippen molar-refractivity contribution in [3.8, 4) is 11.5 Å². The summed E-state index contributed by atoms with van der Waals surface area (Å²) in [5.74, 6) is 2.95. The van der Waals surface area contributed by atoms with Crippen molar-refractivity contribution >= 4 is 5.96 Å². The third kappa shape index (κ3) is 6.39. The molecule has 0 amide bonds. The Balaban J connectivity index is 1.39. The molecule has 1 atom stereocenters. The molecule has 0 aliphatic carbocycles. The third-order valence-corrected chi connectivity index (χ3v) is 5.62. The van der Waals surface area contributed by atoms with Crippen molar-refractivity contribution in [2.24, 2.45) is 10.9 Å². The van der Waals surface area contributed by atoms with Crippen LogP contribution in [0.4, 0.5) is 0 Å². The predicted octanol–water partition coefficient (Wildman–Crippen LogP) is 2.93. The number of guanidine groups is 1. The van der Waals surface area contributed by atoms with E-state index < -0.39 is 0 Å². The highest BCUT2D eigenvalue weighted by Crippen LogP contribution is 2.27. The average molecular weight is 411 g/mol. The number of hydrogen-bond acceptors (Lipinski definition) is 4. The van der Waals surface area contributed by atoms with E-state index in [1.165, 1.54) is 18.5 Å². The molecule has 6 heteroatoms. The van der Waals surface area contributed by atoms with Gasteiger partial charge in [0.1, 0.15) is 0 Å². The fraction of sp³-hybridized carbons (Fsp3) is 0.458. The summed E-state index contributed by atoms with van der Waals surface area (Å²) in [5, 5.41) is 6.87. The number of nitrogens with zero attached hydrogens (tertiary/aromatic N) is 2. The number of rotatable bonds is 9. The lowest BCUT2D eigenvalue weighted by atomic mass is 10.1. The van der Waals surface area contributed by atoms with Crippen molar-refractivity contribution in [2.45, 2.75) is 19.4 Å². The van der Waals surface area contributed by atoms with E-state index in [-0.39, 0.29) is 0 Å². The minimum absolute atomic E-state index is 0.653. The van der Waals surface area contributed by atoms with Crippen molar-refractivity contribution < 1.29 is 9.47 Å². The van der Waals surface area contributed by atoms with Gasteiger partial charge < -0.3 is 25.0 Å². The third-order valence-electron chi connectivity index (χ3n) is 5.62. The lowest BCUT2D eigenvalue weighted by Crippen LogP contribution is -2.40. The first-order valence-electron chi connectivity index (χ1n) is 10.6. The number of ether oxygens (including phenoxy) is 2. The molecular weight excluding hydrogens is 376 g/mol. The highest BCUT2D eigenvalue weighted by Gasteiger charge is 2.22. The largest absolute Gasteiger partial charge is 0.493 e. The Kier molecular flexibility index (Phi) is 8.39. The van der Waals surface area contributed by atoms with Crippen LogP contribution < -0.4 is 20.1 Å². The molecule has 162 valence electrons. The number of likely N-dealkylation sites (tertiary alicyclic amines) is 1. The molecule has 2 N–H and O–H groups in total. The maximum absolute atomic E-state index is 5.38. The molecule has 1 aliphatic rings. The second kappa shape index (κ2) is 11.5. The number of nitrogens with one attached hydrogen (secondary N) is 2. The molecular formula is C24H34N4O2. The van der Waals surface area contributed by atoms with Gasteiger partial charge in [-0.05, 0) is 48.6 Å². The van der Waals surface area contributed by atoms with Crippen LogP contribution in [-0.4, -0.2) is 58.3 Å². The molecule has 30 heavy (non-hydrogen) atoms. The van der Waals surface area contributed by atoms with Crippen LogP contribution in [-0.2, 0) is 13.0 Å². The van der Waals surface area contributed by atoms with Crippen molar-refractivity contribution in [1.82, 2.24) is 15.5 Å². The van der Waals surface area contributed by atoms with E-state index in [4.69, 9.17) is 9.47 Å². The molecule has 0 spiro atoms. The number of hydrogen-bond donors (Lipinski definition) is 2. The Morgan fingerprint density at radius 3 is 2.57 bits per heavy atom. The van der Waals surface area contributed by atoms with Crippen molar-refractivity contribution in [3.05, 3.63) is 59.7 Å². The molecule has 0 aromatic heterocycles. The molecule has 0 radical (unpaired) electrons. The summed E-state index contributed by atoms with van der Waals surface area (Å²) in [6, 6.07) is 16.7. The normalized spacial score (nSPS) is 17.0. The minimum atomic E-state index is 0.653. The molecule has 0 saturated carbocycles. The second-order valence-corrected chi connectivity index (χ2v) is 7.69. The minimum Gasteiger partial charge on any atom is -0.493 e. The lowest BCUT2D eigenvalue weighted by molar-refractivity contribution is 0.328. The Hall–Kier alpha value is -2.73. The maximum Gasteiger partial charge on any atom is 0.191 e. The van der Waals surface area contributed by atoms with Gasteiger partial charge in [-0.2, -0.15) is 0 Å². The Morgan fingerprint density at radius 2 is 1.83 bits per heavy atom. The van der Waals surface area contributed by atoms with Crippen LogP contribution in [0.25, 0.3) is 0 Å². The summed E-state index contributed by atoms with van der Waals surface area (Å²) in [6.45, 7) is 5.07. The summed E-state index contributed by atoms with van der Waals surface area (Å²) in [6.07, 6.45) is 2.35. The second-order valence-electron chi connectivity index (χ2n) is 7.69. The molecule has 2 aromatic carbocycles. The topological polar surface area (TPSA) is 58.1 Å². The van der Waals surface area contributed by atoms with E-state index in [0.29, 0.717) is 12.5 Å². The van der Waals surface area contributed by atoms with Gasteiger partial charge in [-0.3, -0.25) is 4.99 Å². The first-order valence-corrected chi connectivity index (χ1v) is 10.6. The van der Waals surface area contributed by atoms with Gasteiger partial charge in [0, 0.05) is 33.2 Å². The van der Waals surface area contributed by atoms with Crippen LogP contribution >= 0.6 is 0 Å². The number of methoxy groups -OCH3 is 2. The SMILES string of the molecule is CN=C(NCc1ccc(OC)c(OC)c1)NCC1CCN(CCc2ccccc2)C1. The van der Waals surface area contributed by atoms with Crippen LogP contribution in [0.3, 0.4) is 0 Å². The fourth-order valence-electron chi connectivity index (χ4n) is 3.85. The Bertz CT molecular complexity index is 810.